The molecular formula is C19H23ClN4O3S. The van der Waals surface area contributed by atoms with Crippen LogP contribution in [0.3, 0.4) is 0 Å². The van der Waals surface area contributed by atoms with Gasteiger partial charge in [0, 0.05) is 32.4 Å². The number of carbonyl (C=O) groups is 1. The molecule has 3 rings (SSSR count). The molecule has 0 bridgehead atoms. The third-order valence-corrected chi connectivity index (χ3v) is 6.92. The first kappa shape index (κ1) is 20.7. The highest BCUT2D eigenvalue weighted by Crippen LogP contribution is 2.22. The molecule has 0 unspecified atom stereocenters. The summed E-state index contributed by atoms with van der Waals surface area (Å²) in [5, 5.41) is 3.21. The van der Waals surface area contributed by atoms with E-state index in [0.29, 0.717) is 41.9 Å². The summed E-state index contributed by atoms with van der Waals surface area (Å²) < 4.78 is 27.4. The zero-order valence-electron chi connectivity index (χ0n) is 15.9. The average molecular weight is 423 g/mol. The summed E-state index contributed by atoms with van der Waals surface area (Å²) >= 11 is 5.78. The molecule has 1 aromatic carbocycles. The highest BCUT2D eigenvalue weighted by atomic mass is 35.5. The molecule has 1 amide bonds. The first-order valence-corrected chi connectivity index (χ1v) is 10.8. The molecule has 2 aromatic rings. The van der Waals surface area contributed by atoms with Gasteiger partial charge < -0.3 is 5.32 Å². The standard InChI is InChI=1S/C19H23ClN4O3S/c1-14-3-4-15(2)17(11-14)28(26,27)24-9-7-23(8-10-24)13-19(25)22-18-6-5-16(20)12-21-18/h3-6,11-12H,7-10,13H2,1-2H3,(H,21,22,25). The number of amides is 1. The molecule has 0 atom stereocenters. The number of aromatic nitrogens is 1. The van der Waals surface area contributed by atoms with Crippen molar-refractivity contribution in [2.45, 2.75) is 18.7 Å². The molecular weight excluding hydrogens is 400 g/mol. The van der Waals surface area contributed by atoms with Gasteiger partial charge in [-0.15, -0.1) is 0 Å². The third kappa shape index (κ3) is 4.88. The van der Waals surface area contributed by atoms with Crippen molar-refractivity contribution >= 4 is 33.3 Å². The number of piperazine rings is 1. The maximum Gasteiger partial charge on any atom is 0.243 e. The lowest BCUT2D eigenvalue weighted by Gasteiger charge is -2.33. The Morgan fingerprint density at radius 1 is 1.14 bits per heavy atom. The van der Waals surface area contributed by atoms with Crippen LogP contribution in [-0.2, 0) is 14.8 Å². The van der Waals surface area contributed by atoms with E-state index in [1.54, 1.807) is 25.1 Å². The number of hydrogen-bond acceptors (Lipinski definition) is 5. The van der Waals surface area contributed by atoms with Crippen molar-refractivity contribution in [2.24, 2.45) is 0 Å². The number of carbonyl (C=O) groups excluding carboxylic acids is 1. The lowest BCUT2D eigenvalue weighted by atomic mass is 10.2. The number of aryl methyl sites for hydroxylation is 2. The van der Waals surface area contributed by atoms with Crippen molar-refractivity contribution in [1.82, 2.24) is 14.2 Å². The number of nitrogens with zero attached hydrogens (tertiary/aromatic N) is 3. The van der Waals surface area contributed by atoms with Crippen molar-refractivity contribution in [1.29, 1.82) is 0 Å². The first-order valence-electron chi connectivity index (χ1n) is 8.97. The fourth-order valence-electron chi connectivity index (χ4n) is 3.09. The normalized spacial score (nSPS) is 16.1. The number of sulfonamides is 1. The lowest BCUT2D eigenvalue weighted by Crippen LogP contribution is -2.50. The van der Waals surface area contributed by atoms with E-state index in [-0.39, 0.29) is 12.5 Å². The van der Waals surface area contributed by atoms with Crippen molar-refractivity contribution in [3.05, 3.63) is 52.7 Å². The van der Waals surface area contributed by atoms with E-state index in [0.717, 1.165) is 11.1 Å². The van der Waals surface area contributed by atoms with Crippen LogP contribution in [0.15, 0.2) is 41.4 Å². The maximum atomic E-state index is 13.0. The number of halogens is 1. The zero-order valence-corrected chi connectivity index (χ0v) is 17.4. The molecule has 2 heterocycles. The highest BCUT2D eigenvalue weighted by Gasteiger charge is 2.30. The number of anilines is 1. The van der Waals surface area contributed by atoms with Crippen molar-refractivity contribution in [2.75, 3.05) is 38.0 Å². The summed E-state index contributed by atoms with van der Waals surface area (Å²) in [6.07, 6.45) is 1.47. The fourth-order valence-corrected chi connectivity index (χ4v) is 4.93. The smallest absolute Gasteiger partial charge is 0.243 e. The number of pyridine rings is 1. The molecule has 0 radical (unpaired) electrons. The minimum absolute atomic E-state index is 0.182. The fraction of sp³-hybridized carbons (Fsp3) is 0.368. The summed E-state index contributed by atoms with van der Waals surface area (Å²) in [7, 11) is -3.54. The van der Waals surface area contributed by atoms with Gasteiger partial charge in [0.1, 0.15) is 5.82 Å². The van der Waals surface area contributed by atoms with Gasteiger partial charge in [0.25, 0.3) is 0 Å². The van der Waals surface area contributed by atoms with Gasteiger partial charge in [0.05, 0.1) is 16.5 Å². The largest absolute Gasteiger partial charge is 0.310 e. The molecule has 0 spiro atoms. The molecule has 9 heteroatoms. The number of hydrogen-bond donors (Lipinski definition) is 1. The number of nitrogens with one attached hydrogen (secondary N) is 1. The van der Waals surface area contributed by atoms with Gasteiger partial charge in [-0.05, 0) is 43.2 Å². The lowest BCUT2D eigenvalue weighted by molar-refractivity contribution is -0.117. The van der Waals surface area contributed by atoms with Gasteiger partial charge in [-0.2, -0.15) is 4.31 Å². The first-order chi connectivity index (χ1) is 13.3. The van der Waals surface area contributed by atoms with Crippen LogP contribution in [0.5, 0.6) is 0 Å². The van der Waals surface area contributed by atoms with Crippen LogP contribution in [0.4, 0.5) is 5.82 Å². The van der Waals surface area contributed by atoms with Gasteiger partial charge in [0.15, 0.2) is 0 Å². The van der Waals surface area contributed by atoms with Gasteiger partial charge in [-0.1, -0.05) is 23.7 Å². The Morgan fingerprint density at radius 2 is 1.86 bits per heavy atom. The Labute approximate surface area is 170 Å². The van der Waals surface area contributed by atoms with Crippen LogP contribution in [-0.4, -0.2) is 61.2 Å². The maximum absolute atomic E-state index is 13.0. The second-order valence-electron chi connectivity index (χ2n) is 6.86. The van der Waals surface area contributed by atoms with E-state index in [2.05, 4.69) is 10.3 Å². The quantitative estimate of drug-likeness (QED) is 0.799. The van der Waals surface area contributed by atoms with Crippen LogP contribution in [0, 0.1) is 13.8 Å². The Morgan fingerprint density at radius 3 is 2.50 bits per heavy atom. The molecule has 1 saturated heterocycles. The number of benzene rings is 1. The van der Waals surface area contributed by atoms with E-state index < -0.39 is 10.0 Å². The Bertz CT molecular complexity index is 956. The monoisotopic (exact) mass is 422 g/mol. The van der Waals surface area contributed by atoms with E-state index in [4.69, 9.17) is 11.6 Å². The molecule has 150 valence electrons. The Balaban J connectivity index is 1.57. The van der Waals surface area contributed by atoms with E-state index in [1.165, 1.54) is 10.5 Å². The summed E-state index contributed by atoms with van der Waals surface area (Å²) in [4.78, 5) is 18.5. The second kappa shape index (κ2) is 8.57. The zero-order chi connectivity index (χ0) is 20.3. The average Bonchev–Trinajstić information content (AvgIpc) is 2.66. The third-order valence-electron chi connectivity index (χ3n) is 4.65. The van der Waals surface area contributed by atoms with E-state index >= 15 is 0 Å². The van der Waals surface area contributed by atoms with Crippen molar-refractivity contribution in [3.63, 3.8) is 0 Å². The predicted molar refractivity (Wildman–Crippen MR) is 109 cm³/mol. The van der Waals surface area contributed by atoms with Crippen LogP contribution in [0.2, 0.25) is 5.02 Å². The summed E-state index contributed by atoms with van der Waals surface area (Å²) in [6, 6.07) is 8.73. The van der Waals surface area contributed by atoms with Crippen LogP contribution in [0.1, 0.15) is 11.1 Å². The Kier molecular flexibility index (Phi) is 6.34. The molecule has 7 nitrogen and oxygen atoms in total. The van der Waals surface area contributed by atoms with Crippen molar-refractivity contribution in [3.8, 4) is 0 Å². The highest BCUT2D eigenvalue weighted by molar-refractivity contribution is 7.89. The molecule has 0 aliphatic carbocycles. The van der Waals surface area contributed by atoms with Crippen LogP contribution in [0.25, 0.3) is 0 Å². The molecule has 1 aromatic heterocycles. The van der Waals surface area contributed by atoms with Crippen molar-refractivity contribution < 1.29 is 13.2 Å². The predicted octanol–water partition coefficient (Wildman–Crippen LogP) is 2.30. The van der Waals surface area contributed by atoms with Crippen LogP contribution >= 0.6 is 11.6 Å². The minimum atomic E-state index is -3.54. The SMILES string of the molecule is Cc1ccc(C)c(S(=O)(=O)N2CCN(CC(=O)Nc3ccc(Cl)cn3)CC2)c1. The summed E-state index contributed by atoms with van der Waals surface area (Å²) in [5.74, 6) is 0.242. The van der Waals surface area contributed by atoms with Gasteiger partial charge in [-0.25, -0.2) is 13.4 Å². The molecule has 1 aliphatic rings. The Hall–Kier alpha value is -2.00. The summed E-state index contributed by atoms with van der Waals surface area (Å²) in [6.45, 7) is 5.55. The van der Waals surface area contributed by atoms with E-state index in [1.807, 2.05) is 24.0 Å². The van der Waals surface area contributed by atoms with Gasteiger partial charge in [0.2, 0.25) is 15.9 Å². The molecule has 28 heavy (non-hydrogen) atoms. The second-order valence-corrected chi connectivity index (χ2v) is 9.20. The molecule has 1 fully saturated rings. The minimum Gasteiger partial charge on any atom is -0.310 e. The number of rotatable bonds is 5. The van der Waals surface area contributed by atoms with Crippen LogP contribution < -0.4 is 5.32 Å². The molecule has 0 saturated carbocycles. The van der Waals surface area contributed by atoms with Gasteiger partial charge in [-0.3, -0.25) is 9.69 Å². The molecule has 1 N–H and O–H groups in total. The topological polar surface area (TPSA) is 82.6 Å². The van der Waals surface area contributed by atoms with Gasteiger partial charge >= 0.3 is 0 Å². The van der Waals surface area contributed by atoms with E-state index in [9.17, 15) is 13.2 Å². The summed E-state index contributed by atoms with van der Waals surface area (Å²) in [5.41, 5.74) is 1.65. The molecule has 1 aliphatic heterocycles.